The molecule has 1 aromatic carbocycles. The fraction of sp³-hybridized carbons (Fsp3) is 0.130. The molecule has 1 amide bonds. The molecule has 7 heteroatoms. The van der Waals surface area contributed by atoms with Gasteiger partial charge in [0.2, 0.25) is 5.91 Å². The van der Waals surface area contributed by atoms with Crippen molar-refractivity contribution < 1.29 is 4.79 Å². The average molecular weight is 418 g/mol. The van der Waals surface area contributed by atoms with Gasteiger partial charge in [-0.15, -0.1) is 0 Å². The van der Waals surface area contributed by atoms with E-state index in [0.29, 0.717) is 29.3 Å². The number of nitrogens with zero attached hydrogens (tertiary/aromatic N) is 4. The van der Waals surface area contributed by atoms with Crippen molar-refractivity contribution in [3.8, 4) is 0 Å². The predicted octanol–water partition coefficient (Wildman–Crippen LogP) is 4.32. The molecule has 1 N–H and O–H groups in total. The smallest absolute Gasteiger partial charge is 0.238 e. The molecular formula is C23H20ClN5O. The van der Waals surface area contributed by atoms with Crippen molar-refractivity contribution in [1.29, 1.82) is 0 Å². The summed E-state index contributed by atoms with van der Waals surface area (Å²) in [5.74, 6) is -0.142. The number of carbonyl (C=O) groups excluding carboxylic acids is 1. The summed E-state index contributed by atoms with van der Waals surface area (Å²) in [5.41, 5.74) is 3.08. The Balaban J connectivity index is 1.52. The second-order valence-electron chi connectivity index (χ2n) is 6.83. The largest absolute Gasteiger partial charge is 0.323 e. The van der Waals surface area contributed by atoms with Crippen LogP contribution in [0.1, 0.15) is 11.4 Å². The summed E-state index contributed by atoms with van der Waals surface area (Å²) in [6.45, 7) is 1.25. The average Bonchev–Trinajstić information content (AvgIpc) is 2.77. The van der Waals surface area contributed by atoms with E-state index in [-0.39, 0.29) is 12.5 Å². The minimum Gasteiger partial charge on any atom is -0.323 e. The minimum atomic E-state index is -0.142. The van der Waals surface area contributed by atoms with Crippen LogP contribution in [0.15, 0.2) is 79.3 Å². The molecule has 0 saturated carbocycles. The summed E-state index contributed by atoms with van der Waals surface area (Å²) in [6.07, 6.45) is 5.18. The van der Waals surface area contributed by atoms with Gasteiger partial charge in [0.15, 0.2) is 0 Å². The van der Waals surface area contributed by atoms with Crippen molar-refractivity contribution in [2.24, 2.45) is 0 Å². The summed E-state index contributed by atoms with van der Waals surface area (Å²) in [7, 11) is 0. The van der Waals surface area contributed by atoms with E-state index in [1.54, 1.807) is 30.7 Å². The van der Waals surface area contributed by atoms with Gasteiger partial charge in [0.1, 0.15) is 0 Å². The Morgan fingerprint density at radius 1 is 0.833 bits per heavy atom. The Morgan fingerprint density at radius 3 is 2.13 bits per heavy atom. The van der Waals surface area contributed by atoms with E-state index in [4.69, 9.17) is 11.6 Å². The molecule has 0 aliphatic carbocycles. The van der Waals surface area contributed by atoms with E-state index in [0.717, 1.165) is 16.8 Å². The number of anilines is 1. The van der Waals surface area contributed by atoms with Crippen molar-refractivity contribution in [3.05, 3.63) is 95.7 Å². The first-order valence-corrected chi connectivity index (χ1v) is 9.92. The molecule has 4 rings (SSSR count). The van der Waals surface area contributed by atoms with Crippen molar-refractivity contribution in [2.45, 2.75) is 13.1 Å². The van der Waals surface area contributed by atoms with Crippen LogP contribution in [0.2, 0.25) is 5.02 Å². The molecule has 6 nitrogen and oxygen atoms in total. The summed E-state index contributed by atoms with van der Waals surface area (Å²) in [6, 6.07) is 18.8. The molecule has 0 bridgehead atoms. The van der Waals surface area contributed by atoms with Gasteiger partial charge in [0.25, 0.3) is 0 Å². The van der Waals surface area contributed by atoms with Gasteiger partial charge in [-0.05, 0) is 48.5 Å². The summed E-state index contributed by atoms with van der Waals surface area (Å²) < 4.78 is 0. The number of nitrogens with one attached hydrogen (secondary N) is 1. The molecule has 0 saturated heterocycles. The first-order valence-electron chi connectivity index (χ1n) is 9.54. The molecule has 0 atom stereocenters. The zero-order valence-electron chi connectivity index (χ0n) is 16.2. The third kappa shape index (κ3) is 4.97. The zero-order valence-corrected chi connectivity index (χ0v) is 17.0. The maximum atomic E-state index is 12.9. The molecule has 0 unspecified atom stereocenters. The molecule has 150 valence electrons. The number of pyridine rings is 3. The molecule has 4 aromatic rings. The van der Waals surface area contributed by atoms with Crippen LogP contribution in [0, 0.1) is 0 Å². The van der Waals surface area contributed by atoms with Crippen LogP contribution in [-0.2, 0) is 17.9 Å². The molecular weight excluding hydrogens is 398 g/mol. The van der Waals surface area contributed by atoms with Gasteiger partial charge in [0, 0.05) is 37.1 Å². The number of hydrogen-bond donors (Lipinski definition) is 1. The van der Waals surface area contributed by atoms with Crippen LogP contribution in [0.25, 0.3) is 10.9 Å². The van der Waals surface area contributed by atoms with Gasteiger partial charge in [0.05, 0.1) is 34.2 Å². The van der Waals surface area contributed by atoms with Crippen molar-refractivity contribution in [3.63, 3.8) is 0 Å². The van der Waals surface area contributed by atoms with E-state index >= 15 is 0 Å². The van der Waals surface area contributed by atoms with Gasteiger partial charge in [-0.2, -0.15) is 0 Å². The molecule has 0 aliphatic rings. The van der Waals surface area contributed by atoms with E-state index in [1.165, 1.54) is 0 Å². The first kappa shape index (κ1) is 19.9. The Morgan fingerprint density at radius 2 is 1.50 bits per heavy atom. The van der Waals surface area contributed by atoms with Crippen molar-refractivity contribution in [2.75, 3.05) is 11.9 Å². The number of hydrogen-bond acceptors (Lipinski definition) is 5. The maximum absolute atomic E-state index is 12.9. The van der Waals surface area contributed by atoms with Gasteiger partial charge in [-0.25, -0.2) is 0 Å². The summed E-state index contributed by atoms with van der Waals surface area (Å²) >= 11 is 6.26. The highest BCUT2D eigenvalue weighted by atomic mass is 35.5. The molecule has 3 aromatic heterocycles. The minimum absolute atomic E-state index is 0.142. The number of aromatic nitrogens is 3. The summed E-state index contributed by atoms with van der Waals surface area (Å²) in [5, 5.41) is 4.37. The molecule has 0 aliphatic heterocycles. The van der Waals surface area contributed by atoms with Gasteiger partial charge in [-0.3, -0.25) is 24.6 Å². The quantitative estimate of drug-likeness (QED) is 0.485. The Hall–Kier alpha value is -3.35. The fourth-order valence-electron chi connectivity index (χ4n) is 3.24. The number of halogens is 1. The van der Waals surface area contributed by atoms with Crippen LogP contribution >= 0.6 is 11.6 Å². The lowest BCUT2D eigenvalue weighted by Gasteiger charge is -2.21. The van der Waals surface area contributed by atoms with Crippen molar-refractivity contribution >= 4 is 34.1 Å². The zero-order chi connectivity index (χ0) is 20.8. The molecule has 0 fully saturated rings. The Kier molecular flexibility index (Phi) is 6.27. The van der Waals surface area contributed by atoms with Gasteiger partial charge in [-0.1, -0.05) is 23.7 Å². The topological polar surface area (TPSA) is 71.0 Å². The third-order valence-corrected chi connectivity index (χ3v) is 4.91. The molecule has 30 heavy (non-hydrogen) atoms. The molecule has 3 heterocycles. The van der Waals surface area contributed by atoms with Crippen LogP contribution in [0.3, 0.4) is 0 Å². The lowest BCUT2D eigenvalue weighted by atomic mass is 10.2. The number of benzene rings is 1. The fourth-order valence-corrected chi connectivity index (χ4v) is 3.46. The second kappa shape index (κ2) is 9.43. The number of amides is 1. The number of rotatable bonds is 7. The molecule has 0 radical (unpaired) electrons. The number of fused-ring (bicyclic) bond motifs is 1. The van der Waals surface area contributed by atoms with Crippen molar-refractivity contribution in [1.82, 2.24) is 19.9 Å². The third-order valence-electron chi connectivity index (χ3n) is 4.58. The Labute approximate surface area is 179 Å². The highest BCUT2D eigenvalue weighted by Gasteiger charge is 2.15. The monoisotopic (exact) mass is 417 g/mol. The van der Waals surface area contributed by atoms with Crippen LogP contribution < -0.4 is 5.32 Å². The molecule has 0 spiro atoms. The second-order valence-corrected chi connectivity index (χ2v) is 7.24. The van der Waals surface area contributed by atoms with E-state index < -0.39 is 0 Å². The van der Waals surface area contributed by atoms with Crippen LogP contribution in [0.5, 0.6) is 0 Å². The SMILES string of the molecule is O=C(CN(Cc1ccccn1)Cc1ccccn1)Nc1ccc(Cl)c2cccnc12. The number of carbonyl (C=O) groups is 1. The first-order chi connectivity index (χ1) is 14.7. The summed E-state index contributed by atoms with van der Waals surface area (Å²) in [4.78, 5) is 28.0. The van der Waals surface area contributed by atoms with E-state index in [9.17, 15) is 4.79 Å². The Bertz CT molecular complexity index is 1100. The van der Waals surface area contributed by atoms with Crippen LogP contribution in [-0.4, -0.2) is 32.3 Å². The predicted molar refractivity (Wildman–Crippen MR) is 118 cm³/mol. The lowest BCUT2D eigenvalue weighted by Crippen LogP contribution is -2.33. The van der Waals surface area contributed by atoms with Crippen LogP contribution in [0.4, 0.5) is 5.69 Å². The maximum Gasteiger partial charge on any atom is 0.238 e. The van der Waals surface area contributed by atoms with Gasteiger partial charge >= 0.3 is 0 Å². The lowest BCUT2D eigenvalue weighted by molar-refractivity contribution is -0.117. The highest BCUT2D eigenvalue weighted by Crippen LogP contribution is 2.28. The highest BCUT2D eigenvalue weighted by molar-refractivity contribution is 6.35. The van der Waals surface area contributed by atoms with E-state index in [2.05, 4.69) is 20.3 Å². The standard InChI is InChI=1S/C23H20ClN5O/c24-20-9-10-21(23-19(20)8-5-13-27-23)28-22(30)16-29(14-17-6-1-3-11-25-17)15-18-7-2-4-12-26-18/h1-13H,14-16H2,(H,28,30). The van der Waals surface area contributed by atoms with Gasteiger partial charge < -0.3 is 5.32 Å². The normalized spacial score (nSPS) is 11.0. The van der Waals surface area contributed by atoms with E-state index in [1.807, 2.05) is 53.4 Å².